The average Bonchev–Trinajstić information content (AvgIpc) is 2.28. The van der Waals surface area contributed by atoms with Gasteiger partial charge in [0.15, 0.2) is 0 Å². The van der Waals surface area contributed by atoms with E-state index in [0.29, 0.717) is 16.3 Å². The van der Waals surface area contributed by atoms with E-state index in [2.05, 4.69) is 6.07 Å². The molecule has 0 saturated carbocycles. The largest absolute Gasteiger partial charge is 0.416 e. The molecule has 2 rings (SSSR count). The molecule has 6 heteroatoms. The Morgan fingerprint density at radius 3 is 2.76 bits per heavy atom. The number of nitriles is 1. The van der Waals surface area contributed by atoms with E-state index in [0.717, 1.165) is 12.1 Å². The van der Waals surface area contributed by atoms with Gasteiger partial charge in [0.2, 0.25) is 0 Å². The molecule has 1 aromatic carbocycles. The quantitative estimate of drug-likeness (QED) is 0.715. The van der Waals surface area contributed by atoms with Gasteiger partial charge in [-0.2, -0.15) is 18.4 Å². The summed E-state index contributed by atoms with van der Waals surface area (Å²) in [5.41, 5.74) is 0.0355. The van der Waals surface area contributed by atoms with E-state index in [-0.39, 0.29) is 6.04 Å². The van der Waals surface area contributed by atoms with Gasteiger partial charge in [0, 0.05) is 17.7 Å². The number of hydrogen-bond acceptors (Lipinski definition) is 3. The number of anilines is 1. The summed E-state index contributed by atoms with van der Waals surface area (Å²) in [7, 11) is 1.72. The molecule has 0 amide bonds. The Kier molecular flexibility index (Phi) is 2.96. The first-order chi connectivity index (χ1) is 7.93. The highest BCUT2D eigenvalue weighted by Crippen LogP contribution is 2.40. The monoisotopic (exact) mass is 258 g/mol. The fourth-order valence-electron chi connectivity index (χ4n) is 1.67. The van der Waals surface area contributed by atoms with Crippen molar-refractivity contribution >= 4 is 17.4 Å². The summed E-state index contributed by atoms with van der Waals surface area (Å²) in [5, 5.41) is 8.89. The van der Waals surface area contributed by atoms with Crippen molar-refractivity contribution in [3.05, 3.63) is 23.8 Å². The summed E-state index contributed by atoms with van der Waals surface area (Å²) in [5.74, 6) is 0.487. The van der Waals surface area contributed by atoms with Crippen LogP contribution in [0.15, 0.2) is 23.1 Å². The van der Waals surface area contributed by atoms with Crippen LogP contribution in [0.3, 0.4) is 0 Å². The molecule has 1 unspecified atom stereocenters. The van der Waals surface area contributed by atoms with Crippen molar-refractivity contribution in [1.82, 2.24) is 0 Å². The van der Waals surface area contributed by atoms with Gasteiger partial charge in [-0.05, 0) is 18.2 Å². The number of nitrogens with zero attached hydrogens (tertiary/aromatic N) is 2. The molecule has 2 nitrogen and oxygen atoms in total. The Hall–Kier alpha value is -1.35. The molecule has 1 aliphatic heterocycles. The molecule has 0 fully saturated rings. The standard InChI is InChI=1S/C11H9F3N2S/c1-16-8(5-15)6-17-10-4-7(11(12,13)14)2-3-9(10)16/h2-4,8H,6H2,1H3. The summed E-state index contributed by atoms with van der Waals surface area (Å²) in [6.07, 6.45) is -4.32. The molecule has 1 atom stereocenters. The SMILES string of the molecule is CN1c2ccc(C(F)(F)F)cc2SCC1C#N. The molecular formula is C11H9F3N2S. The van der Waals surface area contributed by atoms with Crippen LogP contribution in [0.1, 0.15) is 5.56 Å². The van der Waals surface area contributed by atoms with Gasteiger partial charge in [-0.25, -0.2) is 0 Å². The number of hydrogen-bond donors (Lipinski definition) is 0. The van der Waals surface area contributed by atoms with Gasteiger partial charge in [-0.1, -0.05) is 0 Å². The highest BCUT2D eigenvalue weighted by Gasteiger charge is 2.32. The third-order valence-corrected chi connectivity index (χ3v) is 3.80. The number of alkyl halides is 3. The van der Waals surface area contributed by atoms with Crippen LogP contribution in [0.2, 0.25) is 0 Å². The van der Waals surface area contributed by atoms with Crippen LogP contribution >= 0.6 is 11.8 Å². The Morgan fingerprint density at radius 1 is 1.47 bits per heavy atom. The molecule has 0 saturated heterocycles. The highest BCUT2D eigenvalue weighted by atomic mass is 32.2. The van der Waals surface area contributed by atoms with Crippen molar-refractivity contribution in [2.24, 2.45) is 0 Å². The smallest absolute Gasteiger partial charge is 0.357 e. The van der Waals surface area contributed by atoms with E-state index in [4.69, 9.17) is 5.26 Å². The molecule has 17 heavy (non-hydrogen) atoms. The third kappa shape index (κ3) is 2.20. The van der Waals surface area contributed by atoms with Crippen LogP contribution in [-0.4, -0.2) is 18.8 Å². The molecule has 0 bridgehead atoms. The first-order valence-corrected chi connectivity index (χ1v) is 5.88. The van der Waals surface area contributed by atoms with Crippen molar-refractivity contribution in [3.63, 3.8) is 0 Å². The van der Waals surface area contributed by atoms with Gasteiger partial charge < -0.3 is 4.90 Å². The lowest BCUT2D eigenvalue weighted by molar-refractivity contribution is -0.137. The maximum atomic E-state index is 12.5. The van der Waals surface area contributed by atoms with Crippen molar-refractivity contribution in [3.8, 4) is 6.07 Å². The zero-order chi connectivity index (χ0) is 12.6. The van der Waals surface area contributed by atoms with Crippen LogP contribution in [-0.2, 0) is 6.18 Å². The summed E-state index contributed by atoms with van der Waals surface area (Å²) < 4.78 is 37.6. The fourth-order valence-corrected chi connectivity index (χ4v) is 2.88. The van der Waals surface area contributed by atoms with Gasteiger partial charge in [0.25, 0.3) is 0 Å². The maximum Gasteiger partial charge on any atom is 0.416 e. The van der Waals surface area contributed by atoms with Gasteiger partial charge in [0.05, 0.1) is 17.3 Å². The summed E-state index contributed by atoms with van der Waals surface area (Å²) in [6.45, 7) is 0. The normalized spacial score (nSPS) is 19.7. The van der Waals surface area contributed by atoms with Gasteiger partial charge in [-0.3, -0.25) is 0 Å². The van der Waals surface area contributed by atoms with Gasteiger partial charge >= 0.3 is 6.18 Å². The van der Waals surface area contributed by atoms with E-state index in [1.807, 2.05) is 0 Å². The second kappa shape index (κ2) is 4.15. The number of halogens is 3. The molecular weight excluding hydrogens is 249 g/mol. The lowest BCUT2D eigenvalue weighted by Gasteiger charge is -2.31. The molecule has 0 aliphatic carbocycles. The minimum Gasteiger partial charge on any atom is -0.357 e. The van der Waals surface area contributed by atoms with E-state index < -0.39 is 11.7 Å². The van der Waals surface area contributed by atoms with Crippen LogP contribution in [0.25, 0.3) is 0 Å². The Bertz CT molecular complexity index is 479. The molecule has 0 N–H and O–H groups in total. The number of fused-ring (bicyclic) bond motifs is 1. The number of benzene rings is 1. The molecule has 0 radical (unpaired) electrons. The third-order valence-electron chi connectivity index (χ3n) is 2.68. The van der Waals surface area contributed by atoms with Crippen molar-refractivity contribution < 1.29 is 13.2 Å². The van der Waals surface area contributed by atoms with E-state index in [1.165, 1.54) is 17.8 Å². The van der Waals surface area contributed by atoms with Crippen LogP contribution < -0.4 is 4.90 Å². The van der Waals surface area contributed by atoms with Crippen LogP contribution in [0.5, 0.6) is 0 Å². The lowest BCUT2D eigenvalue weighted by atomic mass is 10.1. The van der Waals surface area contributed by atoms with Crippen molar-refractivity contribution in [2.45, 2.75) is 17.1 Å². The Labute approximate surface area is 101 Å². The molecule has 1 aromatic rings. The summed E-state index contributed by atoms with van der Waals surface area (Å²) in [6, 6.07) is 5.45. The number of thioether (sulfide) groups is 1. The lowest BCUT2D eigenvalue weighted by Crippen LogP contribution is -2.35. The minimum absolute atomic E-state index is 0.288. The Balaban J connectivity index is 2.41. The molecule has 1 heterocycles. The van der Waals surface area contributed by atoms with E-state index in [1.54, 1.807) is 11.9 Å². The summed E-state index contributed by atoms with van der Waals surface area (Å²) >= 11 is 1.29. The predicted molar refractivity (Wildman–Crippen MR) is 60.0 cm³/mol. The van der Waals surface area contributed by atoms with Crippen LogP contribution in [0.4, 0.5) is 18.9 Å². The second-order valence-corrected chi connectivity index (χ2v) is 4.81. The first kappa shape index (κ1) is 12.1. The van der Waals surface area contributed by atoms with E-state index in [9.17, 15) is 13.2 Å². The molecule has 90 valence electrons. The number of rotatable bonds is 0. The van der Waals surface area contributed by atoms with Crippen molar-refractivity contribution in [2.75, 3.05) is 17.7 Å². The van der Waals surface area contributed by atoms with Gasteiger partial charge in [0.1, 0.15) is 6.04 Å². The Morgan fingerprint density at radius 2 is 2.18 bits per heavy atom. The van der Waals surface area contributed by atoms with Gasteiger partial charge in [-0.15, -0.1) is 11.8 Å². The minimum atomic E-state index is -4.32. The molecule has 0 spiro atoms. The van der Waals surface area contributed by atoms with Crippen LogP contribution in [0, 0.1) is 11.3 Å². The molecule has 0 aromatic heterocycles. The topological polar surface area (TPSA) is 27.0 Å². The molecule has 1 aliphatic rings. The zero-order valence-electron chi connectivity index (χ0n) is 8.95. The van der Waals surface area contributed by atoms with E-state index >= 15 is 0 Å². The second-order valence-electron chi connectivity index (χ2n) is 3.75. The van der Waals surface area contributed by atoms with Crippen molar-refractivity contribution in [1.29, 1.82) is 5.26 Å². The summed E-state index contributed by atoms with van der Waals surface area (Å²) in [4.78, 5) is 2.29. The zero-order valence-corrected chi connectivity index (χ0v) is 9.77. The fraction of sp³-hybridized carbons (Fsp3) is 0.364. The first-order valence-electron chi connectivity index (χ1n) is 4.90. The maximum absolute atomic E-state index is 12.5. The average molecular weight is 258 g/mol. The highest BCUT2D eigenvalue weighted by molar-refractivity contribution is 7.99. The predicted octanol–water partition coefficient (Wildman–Crippen LogP) is 3.14.